The van der Waals surface area contributed by atoms with Gasteiger partial charge in [0.25, 0.3) is 0 Å². The lowest BCUT2D eigenvalue weighted by Crippen LogP contribution is -2.19. The molecule has 0 saturated carbocycles. The summed E-state index contributed by atoms with van der Waals surface area (Å²) in [5, 5.41) is 0. The van der Waals surface area contributed by atoms with Crippen molar-refractivity contribution in [3.63, 3.8) is 0 Å². The average Bonchev–Trinajstić information content (AvgIpc) is 3.03. The van der Waals surface area contributed by atoms with E-state index in [-0.39, 0.29) is 24.3 Å². The SMILES string of the molecule is COc1cccc(/C=C2\Oc3c(ccc(OCC(=O)OC(C)C)c3C)C2=O)c1OC. The molecule has 1 aliphatic rings. The lowest BCUT2D eigenvalue weighted by atomic mass is 10.1. The maximum absolute atomic E-state index is 12.8. The number of esters is 1. The monoisotopic (exact) mass is 412 g/mol. The van der Waals surface area contributed by atoms with Crippen LogP contribution in [0.2, 0.25) is 0 Å². The predicted molar refractivity (Wildman–Crippen MR) is 110 cm³/mol. The molecule has 0 atom stereocenters. The Hall–Kier alpha value is -3.48. The van der Waals surface area contributed by atoms with Crippen molar-refractivity contribution < 1.29 is 33.3 Å². The van der Waals surface area contributed by atoms with Crippen LogP contribution >= 0.6 is 0 Å². The molecular weight excluding hydrogens is 388 g/mol. The van der Waals surface area contributed by atoms with E-state index in [1.165, 1.54) is 7.11 Å². The number of methoxy groups -OCH3 is 2. The first-order valence-corrected chi connectivity index (χ1v) is 9.46. The van der Waals surface area contributed by atoms with Gasteiger partial charge in [-0.05, 0) is 45.0 Å². The van der Waals surface area contributed by atoms with Crippen LogP contribution in [0.4, 0.5) is 0 Å². The van der Waals surface area contributed by atoms with Gasteiger partial charge in [-0.3, -0.25) is 4.79 Å². The predicted octanol–water partition coefficient (Wildman–Crippen LogP) is 3.96. The summed E-state index contributed by atoms with van der Waals surface area (Å²) in [7, 11) is 3.08. The molecular formula is C23H24O7. The number of para-hydroxylation sites is 1. The standard InChI is InChI=1S/C23H24O7/c1-13(2)29-20(24)12-28-17-10-9-16-21(25)19(30-22(16)14(17)3)11-15-7-6-8-18(26-4)23(15)27-5/h6-11,13H,12H2,1-5H3/b19-11-. The summed E-state index contributed by atoms with van der Waals surface area (Å²) >= 11 is 0. The van der Waals surface area contributed by atoms with E-state index in [0.29, 0.717) is 39.7 Å². The molecule has 0 saturated heterocycles. The number of allylic oxidation sites excluding steroid dienone is 1. The highest BCUT2D eigenvalue weighted by Gasteiger charge is 2.30. The molecule has 1 heterocycles. The Kier molecular flexibility index (Phi) is 6.30. The number of carbonyl (C=O) groups excluding carboxylic acids is 2. The second-order valence-electron chi connectivity index (χ2n) is 6.92. The van der Waals surface area contributed by atoms with Gasteiger partial charge >= 0.3 is 5.97 Å². The molecule has 2 aromatic rings. The van der Waals surface area contributed by atoms with E-state index in [1.807, 2.05) is 0 Å². The summed E-state index contributed by atoms with van der Waals surface area (Å²) in [5.74, 6) is 1.36. The second-order valence-corrected chi connectivity index (χ2v) is 6.92. The fraction of sp³-hybridized carbons (Fsp3) is 0.304. The van der Waals surface area contributed by atoms with Gasteiger partial charge in [-0.25, -0.2) is 4.79 Å². The lowest BCUT2D eigenvalue weighted by molar-refractivity contribution is -0.149. The van der Waals surface area contributed by atoms with E-state index in [4.69, 9.17) is 23.7 Å². The normalized spacial score (nSPS) is 13.8. The van der Waals surface area contributed by atoms with Crippen molar-refractivity contribution in [2.75, 3.05) is 20.8 Å². The van der Waals surface area contributed by atoms with Gasteiger partial charge in [0.2, 0.25) is 5.78 Å². The largest absolute Gasteiger partial charge is 0.493 e. The average molecular weight is 412 g/mol. The highest BCUT2D eigenvalue weighted by atomic mass is 16.6. The lowest BCUT2D eigenvalue weighted by Gasteiger charge is -2.12. The number of ether oxygens (including phenoxy) is 5. The van der Waals surface area contributed by atoms with Gasteiger partial charge in [-0.1, -0.05) is 12.1 Å². The molecule has 7 nitrogen and oxygen atoms in total. The summed E-state index contributed by atoms with van der Waals surface area (Å²) in [4.78, 5) is 24.6. The third-order valence-electron chi connectivity index (χ3n) is 4.47. The first-order valence-electron chi connectivity index (χ1n) is 9.46. The smallest absolute Gasteiger partial charge is 0.344 e. The van der Waals surface area contributed by atoms with Crippen molar-refractivity contribution in [3.05, 3.63) is 52.8 Å². The van der Waals surface area contributed by atoms with Crippen LogP contribution in [0, 0.1) is 6.92 Å². The number of ketones is 1. The van der Waals surface area contributed by atoms with Crippen LogP contribution < -0.4 is 18.9 Å². The first kappa shape index (κ1) is 21.2. The Bertz CT molecular complexity index is 1000. The quantitative estimate of drug-likeness (QED) is 0.503. The highest BCUT2D eigenvalue weighted by molar-refractivity contribution is 6.15. The maximum atomic E-state index is 12.8. The summed E-state index contributed by atoms with van der Waals surface area (Å²) in [6.45, 7) is 5.08. The van der Waals surface area contributed by atoms with E-state index in [1.54, 1.807) is 64.3 Å². The minimum Gasteiger partial charge on any atom is -0.493 e. The summed E-state index contributed by atoms with van der Waals surface area (Å²) < 4.78 is 27.2. The van der Waals surface area contributed by atoms with Gasteiger partial charge in [0.15, 0.2) is 23.9 Å². The Labute approximate surface area is 175 Å². The van der Waals surface area contributed by atoms with Crippen LogP contribution in [-0.2, 0) is 9.53 Å². The molecule has 2 aromatic carbocycles. The van der Waals surface area contributed by atoms with Gasteiger partial charge in [0, 0.05) is 11.1 Å². The zero-order valence-corrected chi connectivity index (χ0v) is 17.6. The Balaban J connectivity index is 1.86. The number of Topliss-reactive ketones (excluding diaryl/α,β-unsaturated/α-hetero) is 1. The zero-order valence-electron chi connectivity index (χ0n) is 17.6. The fourth-order valence-corrected chi connectivity index (χ4v) is 3.12. The number of hydrogen-bond donors (Lipinski definition) is 0. The number of rotatable bonds is 7. The molecule has 0 spiro atoms. The molecule has 30 heavy (non-hydrogen) atoms. The van der Waals surface area contributed by atoms with E-state index >= 15 is 0 Å². The fourth-order valence-electron chi connectivity index (χ4n) is 3.12. The van der Waals surface area contributed by atoms with Crippen molar-refractivity contribution >= 4 is 17.8 Å². The van der Waals surface area contributed by atoms with Gasteiger partial charge < -0.3 is 23.7 Å². The molecule has 0 amide bonds. The number of fused-ring (bicyclic) bond motifs is 1. The van der Waals surface area contributed by atoms with E-state index in [2.05, 4.69) is 0 Å². The topological polar surface area (TPSA) is 80.3 Å². The molecule has 7 heteroatoms. The third-order valence-corrected chi connectivity index (χ3v) is 4.47. The van der Waals surface area contributed by atoms with Crippen LogP contribution in [0.25, 0.3) is 6.08 Å². The Morgan fingerprint density at radius 2 is 1.87 bits per heavy atom. The molecule has 0 aliphatic carbocycles. The van der Waals surface area contributed by atoms with Gasteiger partial charge in [-0.15, -0.1) is 0 Å². The van der Waals surface area contributed by atoms with E-state index in [0.717, 1.165) is 0 Å². The van der Waals surface area contributed by atoms with Crippen molar-refractivity contribution in [3.8, 4) is 23.0 Å². The van der Waals surface area contributed by atoms with Crippen molar-refractivity contribution in [2.45, 2.75) is 26.9 Å². The molecule has 0 radical (unpaired) electrons. The summed E-state index contributed by atoms with van der Waals surface area (Å²) in [6.07, 6.45) is 1.40. The van der Waals surface area contributed by atoms with Crippen LogP contribution in [0.3, 0.4) is 0 Å². The second kappa shape index (κ2) is 8.90. The molecule has 0 unspecified atom stereocenters. The van der Waals surface area contributed by atoms with Crippen molar-refractivity contribution in [1.82, 2.24) is 0 Å². The van der Waals surface area contributed by atoms with Crippen molar-refractivity contribution in [1.29, 1.82) is 0 Å². The number of hydrogen-bond acceptors (Lipinski definition) is 7. The summed E-state index contributed by atoms with van der Waals surface area (Å²) in [6, 6.07) is 8.64. The Morgan fingerprint density at radius 1 is 1.10 bits per heavy atom. The van der Waals surface area contributed by atoms with E-state index < -0.39 is 5.97 Å². The number of carbonyl (C=O) groups is 2. The molecule has 0 aromatic heterocycles. The van der Waals surface area contributed by atoms with E-state index in [9.17, 15) is 9.59 Å². The zero-order chi connectivity index (χ0) is 21.8. The molecule has 0 N–H and O–H groups in total. The molecule has 0 bridgehead atoms. The van der Waals surface area contributed by atoms with Crippen LogP contribution in [0.1, 0.15) is 35.3 Å². The van der Waals surface area contributed by atoms with Crippen LogP contribution in [-0.4, -0.2) is 38.7 Å². The summed E-state index contributed by atoms with van der Waals surface area (Å²) in [5.41, 5.74) is 1.70. The van der Waals surface area contributed by atoms with Gasteiger partial charge in [-0.2, -0.15) is 0 Å². The van der Waals surface area contributed by atoms with Gasteiger partial charge in [0.1, 0.15) is 11.5 Å². The van der Waals surface area contributed by atoms with Gasteiger partial charge in [0.05, 0.1) is 25.9 Å². The minimum atomic E-state index is -0.465. The molecule has 0 fully saturated rings. The van der Waals surface area contributed by atoms with Crippen LogP contribution in [0.15, 0.2) is 36.1 Å². The highest BCUT2D eigenvalue weighted by Crippen LogP contribution is 2.40. The first-order chi connectivity index (χ1) is 14.3. The number of benzene rings is 2. The molecule has 158 valence electrons. The molecule has 3 rings (SSSR count). The maximum Gasteiger partial charge on any atom is 0.344 e. The van der Waals surface area contributed by atoms with Crippen LogP contribution in [0.5, 0.6) is 23.0 Å². The Morgan fingerprint density at radius 3 is 2.53 bits per heavy atom. The third kappa shape index (κ3) is 4.25. The minimum absolute atomic E-state index is 0.163. The molecule has 1 aliphatic heterocycles. The van der Waals surface area contributed by atoms with Crippen molar-refractivity contribution in [2.24, 2.45) is 0 Å².